The molecule has 0 aromatic carbocycles. The highest BCUT2D eigenvalue weighted by Gasteiger charge is 2.29. The summed E-state index contributed by atoms with van der Waals surface area (Å²) in [5, 5.41) is 4.08. The van der Waals surface area contributed by atoms with Gasteiger partial charge in [-0.25, -0.2) is 4.98 Å². The van der Waals surface area contributed by atoms with E-state index in [1.54, 1.807) is 6.33 Å². The molecule has 0 amide bonds. The molecule has 1 aliphatic rings. The lowest BCUT2D eigenvalue weighted by Crippen LogP contribution is -2.29. The third kappa shape index (κ3) is 2.76. The molecule has 0 atom stereocenters. The Morgan fingerprint density at radius 3 is 2.93 bits per heavy atom. The molecule has 0 spiro atoms. The van der Waals surface area contributed by atoms with Gasteiger partial charge >= 0.3 is 0 Å². The molecule has 0 bridgehead atoms. The molecule has 2 rings (SSSR count). The van der Waals surface area contributed by atoms with Crippen LogP contribution in [0.2, 0.25) is 0 Å². The maximum atomic E-state index is 5.54. The van der Waals surface area contributed by atoms with Crippen molar-refractivity contribution < 1.29 is 0 Å². The summed E-state index contributed by atoms with van der Waals surface area (Å²) in [6, 6.07) is 0.758. The van der Waals surface area contributed by atoms with Crippen LogP contribution >= 0.6 is 0 Å². The first-order valence-electron chi connectivity index (χ1n) is 5.58. The number of hydrogen-bond acceptors (Lipinski definition) is 4. The summed E-state index contributed by atoms with van der Waals surface area (Å²) in [6.07, 6.45) is 5.32. The van der Waals surface area contributed by atoms with E-state index in [2.05, 4.69) is 15.0 Å². The van der Waals surface area contributed by atoms with Crippen molar-refractivity contribution in [1.29, 1.82) is 0 Å². The summed E-state index contributed by atoms with van der Waals surface area (Å²) < 4.78 is 1.85. The molecule has 0 saturated heterocycles. The minimum absolute atomic E-state index is 0.758. The zero-order valence-electron chi connectivity index (χ0n) is 9.26. The summed E-state index contributed by atoms with van der Waals surface area (Å²) in [5.41, 5.74) is 5.54. The third-order valence-electron chi connectivity index (χ3n) is 2.86. The molecule has 2 N–H and O–H groups in total. The van der Waals surface area contributed by atoms with Crippen LogP contribution in [-0.4, -0.2) is 38.8 Å². The van der Waals surface area contributed by atoms with Gasteiger partial charge in [0, 0.05) is 19.6 Å². The van der Waals surface area contributed by atoms with Crippen LogP contribution in [0.4, 0.5) is 0 Å². The Hall–Kier alpha value is -0.940. The SMILES string of the molecule is Cn1ncnc1CN(CCCN)C1CC1. The Labute approximate surface area is 90.3 Å². The van der Waals surface area contributed by atoms with Crippen molar-refractivity contribution in [3.05, 3.63) is 12.2 Å². The van der Waals surface area contributed by atoms with E-state index in [-0.39, 0.29) is 0 Å². The van der Waals surface area contributed by atoms with E-state index in [0.29, 0.717) is 0 Å². The van der Waals surface area contributed by atoms with Crippen LogP contribution in [-0.2, 0) is 13.6 Å². The largest absolute Gasteiger partial charge is 0.330 e. The molecule has 5 nitrogen and oxygen atoms in total. The Kier molecular flexibility index (Phi) is 3.33. The van der Waals surface area contributed by atoms with Crippen molar-refractivity contribution in [2.24, 2.45) is 12.8 Å². The van der Waals surface area contributed by atoms with Gasteiger partial charge in [-0.3, -0.25) is 9.58 Å². The fourth-order valence-corrected chi connectivity index (χ4v) is 1.77. The highest BCUT2D eigenvalue weighted by Crippen LogP contribution is 2.27. The average Bonchev–Trinajstić information content (AvgIpc) is 2.99. The van der Waals surface area contributed by atoms with Crippen molar-refractivity contribution in [1.82, 2.24) is 19.7 Å². The lowest BCUT2D eigenvalue weighted by Gasteiger charge is -2.20. The van der Waals surface area contributed by atoms with Gasteiger partial charge in [-0.15, -0.1) is 0 Å². The standard InChI is InChI=1S/C10H19N5/c1-14-10(12-8-13-14)7-15(6-2-5-11)9-3-4-9/h8-9H,2-7,11H2,1H3. The predicted molar refractivity (Wildman–Crippen MR) is 58.1 cm³/mol. The second-order valence-corrected chi connectivity index (χ2v) is 4.14. The van der Waals surface area contributed by atoms with Crippen molar-refractivity contribution >= 4 is 0 Å². The Balaban J connectivity index is 1.91. The van der Waals surface area contributed by atoms with Gasteiger partial charge in [0.1, 0.15) is 12.2 Å². The zero-order chi connectivity index (χ0) is 10.7. The molecular formula is C10H19N5. The van der Waals surface area contributed by atoms with E-state index >= 15 is 0 Å². The molecule has 0 aliphatic heterocycles. The number of nitrogens with two attached hydrogens (primary N) is 1. The van der Waals surface area contributed by atoms with Crippen LogP contribution in [0.25, 0.3) is 0 Å². The summed E-state index contributed by atoms with van der Waals surface area (Å²) in [4.78, 5) is 6.72. The summed E-state index contributed by atoms with van der Waals surface area (Å²) in [5.74, 6) is 1.04. The van der Waals surface area contributed by atoms with E-state index < -0.39 is 0 Å². The van der Waals surface area contributed by atoms with Crippen LogP contribution in [0.3, 0.4) is 0 Å². The minimum Gasteiger partial charge on any atom is -0.330 e. The molecule has 1 aromatic rings. The quantitative estimate of drug-likeness (QED) is 0.723. The predicted octanol–water partition coefficient (Wildman–Crippen LogP) is 0.128. The highest BCUT2D eigenvalue weighted by atomic mass is 15.3. The van der Waals surface area contributed by atoms with Crippen molar-refractivity contribution in [3.8, 4) is 0 Å². The molecule has 1 saturated carbocycles. The van der Waals surface area contributed by atoms with E-state index in [1.165, 1.54) is 12.8 Å². The van der Waals surface area contributed by atoms with Gasteiger partial charge in [-0.2, -0.15) is 5.10 Å². The fraction of sp³-hybridized carbons (Fsp3) is 0.800. The second kappa shape index (κ2) is 4.72. The second-order valence-electron chi connectivity index (χ2n) is 4.14. The number of aryl methyl sites for hydroxylation is 1. The number of aromatic nitrogens is 3. The molecule has 15 heavy (non-hydrogen) atoms. The Morgan fingerprint density at radius 2 is 2.40 bits per heavy atom. The molecular weight excluding hydrogens is 190 g/mol. The lowest BCUT2D eigenvalue weighted by atomic mass is 10.3. The zero-order valence-corrected chi connectivity index (χ0v) is 9.26. The molecule has 1 fully saturated rings. The van der Waals surface area contributed by atoms with E-state index in [1.807, 2.05) is 11.7 Å². The molecule has 1 heterocycles. The smallest absolute Gasteiger partial charge is 0.140 e. The van der Waals surface area contributed by atoms with Crippen LogP contribution in [0.1, 0.15) is 25.1 Å². The van der Waals surface area contributed by atoms with Crippen molar-refractivity contribution in [3.63, 3.8) is 0 Å². The molecule has 1 aliphatic carbocycles. The normalized spacial score (nSPS) is 16.2. The molecule has 0 unspecified atom stereocenters. The van der Waals surface area contributed by atoms with Crippen LogP contribution in [0.5, 0.6) is 0 Å². The van der Waals surface area contributed by atoms with E-state index in [4.69, 9.17) is 5.73 Å². The Bertz CT molecular complexity index is 305. The third-order valence-corrected chi connectivity index (χ3v) is 2.86. The minimum atomic E-state index is 0.758. The highest BCUT2D eigenvalue weighted by molar-refractivity contribution is 4.90. The van der Waals surface area contributed by atoms with Gasteiger partial charge in [-0.1, -0.05) is 0 Å². The first-order chi connectivity index (χ1) is 7.31. The summed E-state index contributed by atoms with van der Waals surface area (Å²) >= 11 is 0. The first-order valence-corrected chi connectivity index (χ1v) is 5.58. The van der Waals surface area contributed by atoms with Gasteiger partial charge in [-0.05, 0) is 25.8 Å². The summed E-state index contributed by atoms with van der Waals surface area (Å²) in [7, 11) is 1.94. The van der Waals surface area contributed by atoms with Gasteiger partial charge in [0.05, 0.1) is 6.54 Å². The van der Waals surface area contributed by atoms with E-state index in [0.717, 1.165) is 37.9 Å². The summed E-state index contributed by atoms with van der Waals surface area (Å²) in [6.45, 7) is 2.75. The van der Waals surface area contributed by atoms with Crippen LogP contribution in [0, 0.1) is 0 Å². The van der Waals surface area contributed by atoms with Crippen LogP contribution < -0.4 is 5.73 Å². The average molecular weight is 209 g/mol. The van der Waals surface area contributed by atoms with Crippen molar-refractivity contribution in [2.45, 2.75) is 31.8 Å². The van der Waals surface area contributed by atoms with Gasteiger partial charge in [0.25, 0.3) is 0 Å². The molecule has 84 valence electrons. The van der Waals surface area contributed by atoms with Crippen molar-refractivity contribution in [2.75, 3.05) is 13.1 Å². The lowest BCUT2D eigenvalue weighted by molar-refractivity contribution is 0.243. The van der Waals surface area contributed by atoms with Gasteiger partial charge in [0.2, 0.25) is 0 Å². The van der Waals surface area contributed by atoms with Gasteiger partial charge in [0.15, 0.2) is 0 Å². The van der Waals surface area contributed by atoms with Crippen LogP contribution in [0.15, 0.2) is 6.33 Å². The maximum Gasteiger partial charge on any atom is 0.140 e. The Morgan fingerprint density at radius 1 is 1.60 bits per heavy atom. The molecule has 1 aromatic heterocycles. The number of hydrogen-bond donors (Lipinski definition) is 1. The monoisotopic (exact) mass is 209 g/mol. The van der Waals surface area contributed by atoms with Gasteiger partial charge < -0.3 is 5.73 Å². The number of nitrogens with zero attached hydrogens (tertiary/aromatic N) is 4. The molecule has 0 radical (unpaired) electrons. The fourth-order valence-electron chi connectivity index (χ4n) is 1.77. The molecule has 5 heteroatoms. The van der Waals surface area contributed by atoms with E-state index in [9.17, 15) is 0 Å². The first kappa shape index (κ1) is 10.6. The topological polar surface area (TPSA) is 60.0 Å². The number of rotatable bonds is 6. The maximum absolute atomic E-state index is 5.54.